The molecule has 0 fully saturated rings. The summed E-state index contributed by atoms with van der Waals surface area (Å²) in [5, 5.41) is 29.5. The number of rotatable bonds is 9. The molecule has 0 aromatic heterocycles. The SMILES string of the molecule is CC1=NN(c2ccccc2)C(=O)C1N=Nc1ccc(C(c2ccccc2)c2ccc(N=NC3C(=O)N(c4ccccc4)N=C3C)c(C)c2)cc1C. The third-order valence-corrected chi connectivity index (χ3v) is 9.00. The third-order valence-electron chi connectivity index (χ3n) is 9.00. The Kier molecular flexibility index (Phi) is 9.22. The number of hydrogen-bond donors (Lipinski definition) is 0. The van der Waals surface area contributed by atoms with Crippen molar-refractivity contribution in [1.82, 2.24) is 0 Å². The number of carbonyl (C=O) groups is 2. The molecule has 5 aromatic carbocycles. The largest absolute Gasteiger partial charge is 0.280 e. The molecule has 51 heavy (non-hydrogen) atoms. The highest BCUT2D eigenvalue weighted by Gasteiger charge is 2.36. The van der Waals surface area contributed by atoms with Gasteiger partial charge in [-0.25, -0.2) is 0 Å². The molecule has 2 atom stereocenters. The van der Waals surface area contributed by atoms with Gasteiger partial charge in [-0.2, -0.15) is 40.7 Å². The van der Waals surface area contributed by atoms with Crippen molar-refractivity contribution >= 4 is 46.0 Å². The highest BCUT2D eigenvalue weighted by atomic mass is 16.2. The lowest BCUT2D eigenvalue weighted by molar-refractivity contribution is -0.118. The van der Waals surface area contributed by atoms with Crippen LogP contribution < -0.4 is 10.0 Å². The zero-order valence-corrected chi connectivity index (χ0v) is 28.8. The van der Waals surface area contributed by atoms with Crippen LogP contribution in [-0.4, -0.2) is 35.3 Å². The Morgan fingerprint density at radius 2 is 0.902 bits per heavy atom. The van der Waals surface area contributed by atoms with E-state index < -0.39 is 12.1 Å². The maximum Gasteiger partial charge on any atom is 0.280 e. The van der Waals surface area contributed by atoms with Crippen LogP contribution in [0.15, 0.2) is 158 Å². The number of hydrogen-bond acceptors (Lipinski definition) is 8. The standard InChI is InChI=1S/C41H36N8O2/c1-26-24-31(20-22-35(26)42-44-38-28(3)46-48(40(38)50)33-16-10-6-11-17-33)37(30-14-8-5-9-15-30)32-21-23-36(27(2)25-32)43-45-39-29(4)47-49(41(39)51)34-18-12-7-13-19-34/h5-25,37-39H,1-4H3. The van der Waals surface area contributed by atoms with Gasteiger partial charge in [0.25, 0.3) is 11.8 Å². The van der Waals surface area contributed by atoms with Crippen LogP contribution in [0.3, 0.4) is 0 Å². The van der Waals surface area contributed by atoms with E-state index in [0.717, 1.165) is 27.8 Å². The van der Waals surface area contributed by atoms with Gasteiger partial charge < -0.3 is 0 Å². The van der Waals surface area contributed by atoms with E-state index in [1.165, 1.54) is 10.0 Å². The van der Waals surface area contributed by atoms with Crippen LogP contribution in [-0.2, 0) is 9.59 Å². The number of carbonyl (C=O) groups excluding carboxylic acids is 2. The third kappa shape index (κ3) is 6.76. The predicted molar refractivity (Wildman–Crippen MR) is 200 cm³/mol. The molecule has 10 nitrogen and oxygen atoms in total. The Balaban J connectivity index is 1.12. The molecule has 10 heteroatoms. The number of hydrazone groups is 2. The van der Waals surface area contributed by atoms with E-state index in [2.05, 4.69) is 67.1 Å². The van der Waals surface area contributed by atoms with Gasteiger partial charge in [-0.15, -0.1) is 0 Å². The van der Waals surface area contributed by atoms with Gasteiger partial charge in [0, 0.05) is 5.92 Å². The van der Waals surface area contributed by atoms with Crippen LogP contribution in [0.4, 0.5) is 22.7 Å². The summed E-state index contributed by atoms with van der Waals surface area (Å²) in [6.07, 6.45) is 0. The van der Waals surface area contributed by atoms with Crippen LogP contribution in [0.25, 0.3) is 0 Å². The first-order valence-corrected chi connectivity index (χ1v) is 16.7. The van der Waals surface area contributed by atoms with Crippen LogP contribution in [0.5, 0.6) is 0 Å². The minimum Gasteiger partial charge on any atom is -0.269 e. The Morgan fingerprint density at radius 1 is 0.510 bits per heavy atom. The van der Waals surface area contributed by atoms with E-state index in [4.69, 9.17) is 0 Å². The van der Waals surface area contributed by atoms with Gasteiger partial charge in [0.15, 0.2) is 12.1 Å². The Morgan fingerprint density at radius 3 is 1.29 bits per heavy atom. The Hall–Kier alpha value is -6.42. The van der Waals surface area contributed by atoms with E-state index in [9.17, 15) is 9.59 Å². The topological polar surface area (TPSA) is 115 Å². The lowest BCUT2D eigenvalue weighted by Gasteiger charge is -2.20. The summed E-state index contributed by atoms with van der Waals surface area (Å²) in [6, 6.07) is 39.7. The number of azo groups is 2. The number of nitrogens with zero attached hydrogens (tertiary/aromatic N) is 8. The van der Waals surface area contributed by atoms with Gasteiger partial charge in [-0.3, -0.25) is 9.59 Å². The molecule has 2 amide bonds. The van der Waals surface area contributed by atoms with Crippen molar-refractivity contribution in [3.63, 3.8) is 0 Å². The zero-order valence-electron chi connectivity index (χ0n) is 28.8. The van der Waals surface area contributed by atoms with Crippen molar-refractivity contribution in [2.75, 3.05) is 10.0 Å². The summed E-state index contributed by atoms with van der Waals surface area (Å²) in [7, 11) is 0. The van der Waals surface area contributed by atoms with Crippen molar-refractivity contribution in [3.05, 3.63) is 155 Å². The first-order chi connectivity index (χ1) is 24.8. The fourth-order valence-electron chi connectivity index (χ4n) is 6.29. The highest BCUT2D eigenvalue weighted by Crippen LogP contribution is 2.37. The molecule has 2 heterocycles. The molecule has 0 aliphatic carbocycles. The summed E-state index contributed by atoms with van der Waals surface area (Å²) >= 11 is 0. The fraction of sp³-hybridized carbons (Fsp3) is 0.171. The number of aryl methyl sites for hydroxylation is 2. The normalized spacial score (nSPS) is 18.2. The molecular formula is C41H36N8O2. The van der Waals surface area contributed by atoms with E-state index in [1.54, 1.807) is 13.8 Å². The maximum atomic E-state index is 13.2. The number of anilines is 2. The number of amides is 2. The van der Waals surface area contributed by atoms with E-state index in [1.807, 2.05) is 105 Å². The van der Waals surface area contributed by atoms with E-state index in [-0.39, 0.29) is 17.7 Å². The van der Waals surface area contributed by atoms with Gasteiger partial charge in [0.1, 0.15) is 0 Å². The van der Waals surface area contributed by atoms with Crippen molar-refractivity contribution in [2.24, 2.45) is 30.7 Å². The summed E-state index contributed by atoms with van der Waals surface area (Å²) in [5.74, 6) is -0.533. The minimum atomic E-state index is -0.772. The molecule has 7 rings (SSSR count). The lowest BCUT2D eigenvalue weighted by Crippen LogP contribution is -2.29. The lowest BCUT2D eigenvalue weighted by atomic mass is 9.84. The monoisotopic (exact) mass is 672 g/mol. The van der Waals surface area contributed by atoms with E-state index >= 15 is 0 Å². The molecule has 0 N–H and O–H groups in total. The summed E-state index contributed by atoms with van der Waals surface area (Å²) in [5.41, 5.74) is 9.11. The molecule has 0 spiro atoms. The van der Waals surface area contributed by atoms with Crippen molar-refractivity contribution in [3.8, 4) is 0 Å². The van der Waals surface area contributed by atoms with Crippen LogP contribution in [0.1, 0.15) is 47.6 Å². The maximum absolute atomic E-state index is 13.2. The molecule has 2 aliphatic heterocycles. The van der Waals surface area contributed by atoms with Crippen LogP contribution in [0.2, 0.25) is 0 Å². The molecule has 0 bridgehead atoms. The van der Waals surface area contributed by atoms with Gasteiger partial charge in [0.2, 0.25) is 0 Å². The number of para-hydroxylation sites is 2. The average molecular weight is 673 g/mol. The second-order valence-corrected chi connectivity index (χ2v) is 12.6. The average Bonchev–Trinajstić information content (AvgIpc) is 3.60. The Labute approximate surface area is 296 Å². The molecule has 2 aliphatic rings. The van der Waals surface area contributed by atoms with Crippen LogP contribution >= 0.6 is 0 Å². The molecule has 0 saturated heterocycles. The number of benzene rings is 5. The molecular weight excluding hydrogens is 637 g/mol. The van der Waals surface area contributed by atoms with Crippen LogP contribution in [0, 0.1) is 13.8 Å². The first-order valence-electron chi connectivity index (χ1n) is 16.7. The Bertz CT molecular complexity index is 2080. The predicted octanol–water partition coefficient (Wildman–Crippen LogP) is 9.23. The first kappa shape index (κ1) is 33.1. The summed E-state index contributed by atoms with van der Waals surface area (Å²) < 4.78 is 0. The molecule has 252 valence electrons. The molecule has 5 aromatic rings. The fourth-order valence-corrected chi connectivity index (χ4v) is 6.29. The van der Waals surface area contributed by atoms with Gasteiger partial charge >= 0.3 is 0 Å². The van der Waals surface area contributed by atoms with Gasteiger partial charge in [-0.1, -0.05) is 91.0 Å². The van der Waals surface area contributed by atoms with Crippen molar-refractivity contribution in [2.45, 2.75) is 45.7 Å². The highest BCUT2D eigenvalue weighted by molar-refractivity contribution is 6.18. The second-order valence-electron chi connectivity index (χ2n) is 12.6. The van der Waals surface area contributed by atoms with E-state index in [0.29, 0.717) is 34.2 Å². The quantitative estimate of drug-likeness (QED) is 0.115. The van der Waals surface area contributed by atoms with Crippen molar-refractivity contribution < 1.29 is 9.59 Å². The summed E-state index contributed by atoms with van der Waals surface area (Å²) in [6.45, 7) is 7.58. The summed E-state index contributed by atoms with van der Waals surface area (Å²) in [4.78, 5) is 26.3. The minimum absolute atomic E-state index is 0.0731. The molecule has 2 unspecified atom stereocenters. The van der Waals surface area contributed by atoms with Gasteiger partial charge in [-0.05, 0) is 91.9 Å². The second kappa shape index (κ2) is 14.2. The smallest absolute Gasteiger partial charge is 0.269 e. The van der Waals surface area contributed by atoms with Gasteiger partial charge in [0.05, 0.1) is 34.2 Å². The zero-order chi connectivity index (χ0) is 35.5. The van der Waals surface area contributed by atoms with Crippen molar-refractivity contribution in [1.29, 1.82) is 0 Å². The molecule has 0 saturated carbocycles. The molecule has 0 radical (unpaired) electrons.